The number of nitrogens with two attached hydrogens (primary N) is 1. The smallest absolute Gasteiger partial charge is 0.0805 e. The molecule has 76 valence electrons. The molecule has 14 heavy (non-hydrogen) atoms. The van der Waals surface area contributed by atoms with E-state index in [1.54, 1.807) is 0 Å². The van der Waals surface area contributed by atoms with Crippen LogP contribution in [0.1, 0.15) is 25.3 Å². The second-order valence-corrected chi connectivity index (χ2v) is 4.59. The van der Waals surface area contributed by atoms with Crippen molar-refractivity contribution in [1.29, 1.82) is 0 Å². The van der Waals surface area contributed by atoms with Crippen molar-refractivity contribution in [1.82, 2.24) is 0 Å². The van der Waals surface area contributed by atoms with E-state index < -0.39 is 0 Å². The van der Waals surface area contributed by atoms with Crippen molar-refractivity contribution in [2.24, 2.45) is 11.7 Å². The van der Waals surface area contributed by atoms with Gasteiger partial charge in [-0.25, -0.2) is 0 Å². The number of benzene rings is 1. The molecule has 1 atom stereocenters. The Labute approximate surface area is 95.3 Å². The predicted octanol–water partition coefficient (Wildman–Crippen LogP) is 3.37. The summed E-state index contributed by atoms with van der Waals surface area (Å²) in [5.41, 5.74) is 6.81. The summed E-state index contributed by atoms with van der Waals surface area (Å²) >= 11 is 11.0. The van der Waals surface area contributed by atoms with E-state index in [0.717, 1.165) is 10.6 Å². The van der Waals surface area contributed by atoms with E-state index in [9.17, 15) is 0 Å². The minimum atomic E-state index is 0.115. The highest BCUT2D eigenvalue weighted by Crippen LogP contribution is 2.26. The lowest BCUT2D eigenvalue weighted by Crippen LogP contribution is -2.23. The molecule has 0 radical (unpaired) electrons. The van der Waals surface area contributed by atoms with Crippen molar-refractivity contribution in [2.45, 2.75) is 19.8 Å². The van der Waals surface area contributed by atoms with Crippen molar-refractivity contribution in [3.05, 3.63) is 34.9 Å². The van der Waals surface area contributed by atoms with Gasteiger partial charge in [-0.2, -0.15) is 0 Å². The van der Waals surface area contributed by atoms with Crippen molar-refractivity contribution in [3.63, 3.8) is 0 Å². The molecule has 0 aliphatic carbocycles. The molecule has 2 N–H and O–H groups in total. The third-order valence-electron chi connectivity index (χ3n) is 2.18. The highest BCUT2D eigenvalue weighted by atomic mass is 35.5. The molecular formula is C11H14ClNS. The van der Waals surface area contributed by atoms with Gasteiger partial charge in [0.05, 0.1) is 4.99 Å². The Morgan fingerprint density at radius 3 is 2.50 bits per heavy atom. The van der Waals surface area contributed by atoms with Gasteiger partial charge in [-0.15, -0.1) is 0 Å². The van der Waals surface area contributed by atoms with Crippen LogP contribution in [-0.4, -0.2) is 4.99 Å². The molecule has 0 fully saturated rings. The highest BCUT2D eigenvalue weighted by Gasteiger charge is 2.18. The van der Waals surface area contributed by atoms with E-state index in [1.807, 2.05) is 24.3 Å². The summed E-state index contributed by atoms with van der Waals surface area (Å²) in [5, 5.41) is 0.726. The summed E-state index contributed by atoms with van der Waals surface area (Å²) in [5.74, 6) is 0.509. The summed E-state index contributed by atoms with van der Waals surface area (Å²) in [6.45, 7) is 4.20. The minimum Gasteiger partial charge on any atom is -0.393 e. The molecule has 0 aliphatic heterocycles. The lowest BCUT2D eigenvalue weighted by Gasteiger charge is -2.19. The van der Waals surface area contributed by atoms with E-state index in [1.165, 1.54) is 0 Å². The molecule has 1 aromatic carbocycles. The van der Waals surface area contributed by atoms with Crippen LogP contribution in [0.3, 0.4) is 0 Å². The Bertz CT molecular complexity index is 336. The Hall–Kier alpha value is -0.600. The summed E-state index contributed by atoms with van der Waals surface area (Å²) in [7, 11) is 0. The molecule has 1 rings (SSSR count). The zero-order valence-corrected chi connectivity index (χ0v) is 9.90. The van der Waals surface area contributed by atoms with Crippen molar-refractivity contribution in [3.8, 4) is 0 Å². The number of thiocarbonyl (C=S) groups is 1. The first kappa shape index (κ1) is 11.5. The molecule has 0 aliphatic rings. The van der Waals surface area contributed by atoms with Gasteiger partial charge in [0.1, 0.15) is 0 Å². The van der Waals surface area contributed by atoms with Gasteiger partial charge in [0.25, 0.3) is 0 Å². The first-order chi connectivity index (χ1) is 6.52. The van der Waals surface area contributed by atoms with Crippen molar-refractivity contribution < 1.29 is 0 Å². The molecule has 1 unspecified atom stereocenters. The molecule has 0 saturated heterocycles. The fourth-order valence-electron chi connectivity index (χ4n) is 1.58. The van der Waals surface area contributed by atoms with Crippen LogP contribution in [0.15, 0.2) is 24.3 Å². The summed E-state index contributed by atoms with van der Waals surface area (Å²) in [6.07, 6.45) is 0. The quantitative estimate of drug-likeness (QED) is 0.802. The van der Waals surface area contributed by atoms with Crippen molar-refractivity contribution >= 4 is 28.8 Å². The molecular weight excluding hydrogens is 214 g/mol. The molecule has 0 spiro atoms. The monoisotopic (exact) mass is 227 g/mol. The third-order valence-corrected chi connectivity index (χ3v) is 2.67. The van der Waals surface area contributed by atoms with Crippen molar-refractivity contribution in [2.75, 3.05) is 0 Å². The van der Waals surface area contributed by atoms with Crippen LogP contribution in [0, 0.1) is 5.92 Å². The Kier molecular flexibility index (Phi) is 3.90. The zero-order chi connectivity index (χ0) is 10.7. The minimum absolute atomic E-state index is 0.115. The van der Waals surface area contributed by atoms with E-state index in [2.05, 4.69) is 13.8 Å². The van der Waals surface area contributed by atoms with E-state index in [-0.39, 0.29) is 5.92 Å². The molecule has 1 aromatic rings. The average molecular weight is 228 g/mol. The van der Waals surface area contributed by atoms with Gasteiger partial charge < -0.3 is 5.73 Å². The average Bonchev–Trinajstić information content (AvgIpc) is 2.02. The summed E-state index contributed by atoms with van der Waals surface area (Å²) in [4.78, 5) is 0.530. The van der Waals surface area contributed by atoms with Crippen LogP contribution >= 0.6 is 23.8 Å². The largest absolute Gasteiger partial charge is 0.393 e. The first-order valence-electron chi connectivity index (χ1n) is 4.57. The zero-order valence-electron chi connectivity index (χ0n) is 8.33. The van der Waals surface area contributed by atoms with Crippen LogP contribution < -0.4 is 5.73 Å². The van der Waals surface area contributed by atoms with Gasteiger partial charge in [-0.05, 0) is 23.6 Å². The van der Waals surface area contributed by atoms with Gasteiger partial charge >= 0.3 is 0 Å². The molecule has 3 heteroatoms. The summed E-state index contributed by atoms with van der Waals surface area (Å²) in [6, 6.07) is 7.70. The molecule has 0 heterocycles. The van der Waals surface area contributed by atoms with E-state index in [0.29, 0.717) is 10.9 Å². The maximum absolute atomic E-state index is 5.91. The first-order valence-corrected chi connectivity index (χ1v) is 5.35. The normalized spacial score (nSPS) is 12.9. The number of hydrogen-bond acceptors (Lipinski definition) is 1. The molecule has 0 amide bonds. The van der Waals surface area contributed by atoms with Gasteiger partial charge in [0.15, 0.2) is 0 Å². The van der Waals surface area contributed by atoms with Gasteiger partial charge in [-0.3, -0.25) is 0 Å². The SMILES string of the molecule is CC(C)C(C(N)=S)c1cccc(Cl)c1. The Balaban J connectivity index is 3.05. The Morgan fingerprint density at radius 1 is 1.43 bits per heavy atom. The lowest BCUT2D eigenvalue weighted by molar-refractivity contribution is 0.604. The molecule has 0 bridgehead atoms. The third kappa shape index (κ3) is 2.69. The predicted molar refractivity (Wildman–Crippen MR) is 65.8 cm³/mol. The topological polar surface area (TPSA) is 26.0 Å². The van der Waals surface area contributed by atoms with Gasteiger partial charge in [-0.1, -0.05) is 49.8 Å². The molecule has 0 aromatic heterocycles. The number of hydrogen-bond donors (Lipinski definition) is 1. The Morgan fingerprint density at radius 2 is 2.07 bits per heavy atom. The van der Waals surface area contributed by atoms with E-state index in [4.69, 9.17) is 29.6 Å². The molecule has 0 saturated carbocycles. The van der Waals surface area contributed by atoms with E-state index >= 15 is 0 Å². The van der Waals surface area contributed by atoms with Crippen LogP contribution in [0.4, 0.5) is 0 Å². The maximum atomic E-state index is 5.91. The number of rotatable bonds is 3. The van der Waals surface area contributed by atoms with Crippen LogP contribution in [0.2, 0.25) is 5.02 Å². The number of halogens is 1. The fraction of sp³-hybridized carbons (Fsp3) is 0.364. The van der Waals surface area contributed by atoms with Crippen LogP contribution in [-0.2, 0) is 0 Å². The standard InChI is InChI=1S/C11H14ClNS/c1-7(2)10(11(13)14)8-4-3-5-9(12)6-8/h3-7,10H,1-2H3,(H2,13,14). The maximum Gasteiger partial charge on any atom is 0.0805 e. The second kappa shape index (κ2) is 4.76. The second-order valence-electron chi connectivity index (χ2n) is 3.68. The fourth-order valence-corrected chi connectivity index (χ4v) is 2.18. The molecule has 1 nitrogen and oxygen atoms in total. The van der Waals surface area contributed by atoms with Gasteiger partial charge in [0.2, 0.25) is 0 Å². The van der Waals surface area contributed by atoms with Gasteiger partial charge in [0, 0.05) is 10.9 Å². The van der Waals surface area contributed by atoms with Crippen LogP contribution in [0.25, 0.3) is 0 Å². The lowest BCUT2D eigenvalue weighted by atomic mass is 9.88. The van der Waals surface area contributed by atoms with Crippen LogP contribution in [0.5, 0.6) is 0 Å². The highest BCUT2D eigenvalue weighted by molar-refractivity contribution is 7.80. The summed E-state index contributed by atoms with van der Waals surface area (Å²) < 4.78 is 0.